The molecule has 192 valence electrons. The third-order valence-corrected chi connectivity index (χ3v) is 8.38. The van der Waals surface area contributed by atoms with Crippen molar-refractivity contribution >= 4 is 26.8 Å². The van der Waals surface area contributed by atoms with Crippen molar-refractivity contribution in [1.29, 1.82) is 0 Å². The van der Waals surface area contributed by atoms with E-state index in [1.54, 1.807) is 36.9 Å². The number of fused-ring (bicyclic) bond motifs is 1. The number of carbonyl (C=O) groups excluding carboxylic acids is 1. The van der Waals surface area contributed by atoms with Crippen molar-refractivity contribution in [2.75, 3.05) is 25.2 Å². The van der Waals surface area contributed by atoms with Crippen LogP contribution in [0, 0.1) is 12.7 Å². The summed E-state index contributed by atoms with van der Waals surface area (Å²) in [5.74, 6) is 0.177. The smallest absolute Gasteiger partial charge is 0.252 e. The van der Waals surface area contributed by atoms with Gasteiger partial charge in [-0.25, -0.2) is 22.5 Å². The molecule has 1 unspecified atom stereocenters. The number of sulfone groups is 1. The number of benzene rings is 2. The van der Waals surface area contributed by atoms with Crippen LogP contribution in [0.1, 0.15) is 34.1 Å². The van der Waals surface area contributed by atoms with Gasteiger partial charge in [-0.05, 0) is 67.8 Å². The van der Waals surface area contributed by atoms with Crippen LogP contribution in [0.15, 0.2) is 54.6 Å². The van der Waals surface area contributed by atoms with Gasteiger partial charge in [0.15, 0.2) is 15.5 Å². The second-order valence-electron chi connectivity index (χ2n) is 9.20. The zero-order valence-corrected chi connectivity index (χ0v) is 21.4. The van der Waals surface area contributed by atoms with Crippen LogP contribution in [0.4, 0.5) is 4.39 Å². The van der Waals surface area contributed by atoms with Crippen molar-refractivity contribution in [2.24, 2.45) is 0 Å². The van der Waals surface area contributed by atoms with Crippen LogP contribution in [-0.4, -0.2) is 54.2 Å². The number of amides is 1. The molecule has 1 atom stereocenters. The molecule has 1 amide bonds. The molecule has 10 heteroatoms. The maximum Gasteiger partial charge on any atom is 0.252 e. The normalized spacial score (nSPS) is 16.7. The molecular formula is C27H27FN4O4S. The van der Waals surface area contributed by atoms with E-state index in [9.17, 15) is 17.6 Å². The molecule has 0 saturated carbocycles. The molecule has 1 N–H and O–H groups in total. The summed E-state index contributed by atoms with van der Waals surface area (Å²) in [4.78, 5) is 18.2. The maximum atomic E-state index is 13.6. The van der Waals surface area contributed by atoms with Crippen molar-refractivity contribution in [3.05, 3.63) is 77.2 Å². The van der Waals surface area contributed by atoms with Gasteiger partial charge in [0, 0.05) is 12.1 Å². The lowest BCUT2D eigenvalue weighted by Crippen LogP contribution is -2.26. The van der Waals surface area contributed by atoms with Gasteiger partial charge in [-0.3, -0.25) is 4.79 Å². The first-order valence-electron chi connectivity index (χ1n) is 12.0. The van der Waals surface area contributed by atoms with Crippen LogP contribution < -0.4 is 10.1 Å². The first-order valence-corrected chi connectivity index (χ1v) is 13.8. The summed E-state index contributed by atoms with van der Waals surface area (Å²) in [6, 6.07) is 14.8. The Kier molecular flexibility index (Phi) is 6.68. The molecule has 1 fully saturated rings. The third-order valence-electron chi connectivity index (χ3n) is 6.63. The molecule has 1 aliphatic rings. The minimum atomic E-state index is -3.16. The summed E-state index contributed by atoms with van der Waals surface area (Å²) in [5, 5.41) is 8.18. The zero-order valence-electron chi connectivity index (χ0n) is 20.6. The highest BCUT2D eigenvalue weighted by Crippen LogP contribution is 2.32. The number of aryl methyl sites for hydroxylation is 1. The minimum Gasteiger partial charge on any atom is -0.497 e. The maximum absolute atomic E-state index is 13.6. The van der Waals surface area contributed by atoms with Gasteiger partial charge < -0.3 is 10.1 Å². The Bertz CT molecular complexity index is 1570. The second-order valence-corrected chi connectivity index (χ2v) is 11.4. The largest absolute Gasteiger partial charge is 0.497 e. The Balaban J connectivity index is 1.50. The molecule has 4 aromatic rings. The Labute approximate surface area is 214 Å². The van der Waals surface area contributed by atoms with E-state index < -0.39 is 9.84 Å². The second kappa shape index (κ2) is 9.93. The lowest BCUT2D eigenvalue weighted by Gasteiger charge is -2.12. The van der Waals surface area contributed by atoms with Gasteiger partial charge in [0.1, 0.15) is 11.6 Å². The molecule has 0 spiro atoms. The molecule has 5 rings (SSSR count). The number of aromatic nitrogens is 3. The van der Waals surface area contributed by atoms with Crippen LogP contribution in [0.2, 0.25) is 0 Å². The van der Waals surface area contributed by atoms with Crippen molar-refractivity contribution < 1.29 is 22.3 Å². The Morgan fingerprint density at radius 1 is 1.16 bits per heavy atom. The summed E-state index contributed by atoms with van der Waals surface area (Å²) in [6.07, 6.45) is 1.07. The van der Waals surface area contributed by atoms with Gasteiger partial charge in [0.25, 0.3) is 5.91 Å². The highest BCUT2D eigenvalue weighted by molar-refractivity contribution is 7.91. The first-order chi connectivity index (χ1) is 17.7. The highest BCUT2D eigenvalue weighted by atomic mass is 32.2. The summed E-state index contributed by atoms with van der Waals surface area (Å²) < 4.78 is 44.7. The van der Waals surface area contributed by atoms with Crippen molar-refractivity contribution in [1.82, 2.24) is 20.1 Å². The van der Waals surface area contributed by atoms with E-state index in [1.807, 2.05) is 24.3 Å². The van der Waals surface area contributed by atoms with E-state index in [0.717, 1.165) is 11.3 Å². The number of nitrogens with zero attached hydrogens (tertiary/aromatic N) is 3. The van der Waals surface area contributed by atoms with Gasteiger partial charge >= 0.3 is 0 Å². The average molecular weight is 523 g/mol. The average Bonchev–Trinajstić information content (AvgIpc) is 3.42. The monoisotopic (exact) mass is 522 g/mol. The highest BCUT2D eigenvalue weighted by Gasteiger charge is 2.32. The standard InChI is InChI=1S/C27H27FN4O4S/c1-17-25-23(27(33)29-13-11-18-3-9-22(36-2)10-4-18)15-24(19-5-7-20(28)8-6-19)30-26(25)32(31-17)21-12-14-37(34,35)16-21/h3-10,15,21H,11-14,16H2,1-2H3,(H,29,33). The molecule has 3 heterocycles. The number of carbonyl (C=O) groups is 1. The fraction of sp³-hybridized carbons (Fsp3) is 0.296. The van der Waals surface area contributed by atoms with E-state index in [1.165, 1.54) is 12.1 Å². The molecule has 0 radical (unpaired) electrons. The van der Waals surface area contributed by atoms with Gasteiger partial charge in [0.2, 0.25) is 0 Å². The lowest BCUT2D eigenvalue weighted by molar-refractivity contribution is 0.0955. The molecule has 37 heavy (non-hydrogen) atoms. The molecule has 2 aromatic carbocycles. The number of pyridine rings is 1. The van der Waals surface area contributed by atoms with Crippen LogP contribution >= 0.6 is 0 Å². The number of ether oxygens (including phenoxy) is 1. The van der Waals surface area contributed by atoms with Crippen molar-refractivity contribution in [2.45, 2.75) is 25.8 Å². The number of nitrogens with one attached hydrogen (secondary N) is 1. The summed E-state index contributed by atoms with van der Waals surface area (Å²) in [6.45, 7) is 2.20. The third kappa shape index (κ3) is 5.20. The number of rotatable bonds is 7. The fourth-order valence-electron chi connectivity index (χ4n) is 4.69. The number of methoxy groups -OCH3 is 1. The van der Waals surface area contributed by atoms with Crippen LogP contribution in [-0.2, 0) is 16.3 Å². The van der Waals surface area contributed by atoms with Gasteiger partial charge in [-0.1, -0.05) is 12.1 Å². The van der Waals surface area contributed by atoms with Crippen molar-refractivity contribution in [3.63, 3.8) is 0 Å². The van der Waals surface area contributed by atoms with E-state index in [4.69, 9.17) is 9.72 Å². The van der Waals surface area contributed by atoms with Gasteiger partial charge in [-0.2, -0.15) is 5.10 Å². The number of hydrogen-bond acceptors (Lipinski definition) is 6. The number of hydrogen-bond donors (Lipinski definition) is 1. The molecular weight excluding hydrogens is 495 g/mol. The van der Waals surface area contributed by atoms with Crippen LogP contribution in [0.25, 0.3) is 22.3 Å². The van der Waals surface area contributed by atoms with E-state index >= 15 is 0 Å². The van der Waals surface area contributed by atoms with E-state index in [0.29, 0.717) is 52.9 Å². The lowest BCUT2D eigenvalue weighted by atomic mass is 10.0. The first kappa shape index (κ1) is 24.9. The SMILES string of the molecule is COc1ccc(CCNC(=O)c2cc(-c3ccc(F)cc3)nc3c2c(C)nn3C2CCS(=O)(=O)C2)cc1. The minimum absolute atomic E-state index is 0.0188. The van der Waals surface area contributed by atoms with E-state index in [2.05, 4.69) is 10.4 Å². The quantitative estimate of drug-likeness (QED) is 0.395. The van der Waals surface area contributed by atoms with Crippen LogP contribution in [0.3, 0.4) is 0 Å². The predicted molar refractivity (Wildman–Crippen MR) is 139 cm³/mol. The summed E-state index contributed by atoms with van der Waals surface area (Å²) in [7, 11) is -1.55. The Morgan fingerprint density at radius 3 is 2.54 bits per heavy atom. The number of halogens is 1. The Morgan fingerprint density at radius 2 is 1.89 bits per heavy atom. The Hall–Kier alpha value is -3.79. The predicted octanol–water partition coefficient (Wildman–Crippen LogP) is 3.89. The van der Waals surface area contributed by atoms with Crippen molar-refractivity contribution in [3.8, 4) is 17.0 Å². The van der Waals surface area contributed by atoms with Gasteiger partial charge in [0.05, 0.1) is 47.0 Å². The fourth-order valence-corrected chi connectivity index (χ4v) is 6.38. The van der Waals surface area contributed by atoms with Crippen LogP contribution in [0.5, 0.6) is 5.75 Å². The molecule has 8 nitrogen and oxygen atoms in total. The topological polar surface area (TPSA) is 103 Å². The molecule has 0 bridgehead atoms. The molecule has 1 saturated heterocycles. The zero-order chi connectivity index (χ0) is 26.2. The van der Waals surface area contributed by atoms with E-state index in [-0.39, 0.29) is 29.3 Å². The molecule has 2 aromatic heterocycles. The molecule has 0 aliphatic carbocycles. The molecule has 1 aliphatic heterocycles. The summed E-state index contributed by atoms with van der Waals surface area (Å²) in [5.41, 5.74) is 3.61. The summed E-state index contributed by atoms with van der Waals surface area (Å²) >= 11 is 0. The van der Waals surface area contributed by atoms with Gasteiger partial charge in [-0.15, -0.1) is 0 Å².